The van der Waals surface area contributed by atoms with Crippen molar-refractivity contribution < 1.29 is 5.11 Å². The van der Waals surface area contributed by atoms with Crippen LogP contribution in [0.5, 0.6) is 0 Å². The van der Waals surface area contributed by atoms with E-state index in [1.54, 1.807) is 0 Å². The average Bonchev–Trinajstić information content (AvgIpc) is 2.75. The van der Waals surface area contributed by atoms with Gasteiger partial charge in [-0.1, -0.05) is 62.1 Å². The van der Waals surface area contributed by atoms with Gasteiger partial charge in [-0.25, -0.2) is 0 Å². The van der Waals surface area contributed by atoms with Gasteiger partial charge in [0.25, 0.3) is 0 Å². The first-order valence-corrected chi connectivity index (χ1v) is 7.88. The van der Waals surface area contributed by atoms with Crippen LogP contribution in [0.4, 0.5) is 0 Å². The molecule has 3 atom stereocenters. The first-order valence-electron chi connectivity index (χ1n) is 7.88. The zero-order valence-corrected chi connectivity index (χ0v) is 12.7. The van der Waals surface area contributed by atoms with E-state index in [1.807, 2.05) is 6.08 Å². The highest BCUT2D eigenvalue weighted by molar-refractivity contribution is 5.25. The molecule has 108 valence electrons. The lowest BCUT2D eigenvalue weighted by Gasteiger charge is -2.33. The first kappa shape index (κ1) is 15.1. The van der Waals surface area contributed by atoms with Gasteiger partial charge in [0, 0.05) is 11.8 Å². The molecule has 0 amide bonds. The predicted octanol–water partition coefficient (Wildman–Crippen LogP) is 4.26. The molecule has 0 radical (unpaired) electrons. The van der Waals surface area contributed by atoms with Gasteiger partial charge in [-0.3, -0.25) is 0 Å². The second-order valence-electron chi connectivity index (χ2n) is 6.21. The molecule has 1 heteroatoms. The van der Waals surface area contributed by atoms with Crippen LogP contribution in [0.25, 0.3) is 0 Å². The molecule has 0 fully saturated rings. The molecule has 0 heterocycles. The summed E-state index contributed by atoms with van der Waals surface area (Å²) in [5, 5.41) is 11.1. The number of aliphatic hydroxyl groups is 1. The van der Waals surface area contributed by atoms with Crippen LogP contribution in [0.15, 0.2) is 36.5 Å². The highest BCUT2D eigenvalue weighted by Gasteiger charge is 2.36. The Morgan fingerprint density at radius 3 is 2.65 bits per heavy atom. The Bertz CT molecular complexity index is 458. The molecule has 0 aromatic rings. The molecule has 0 spiro atoms. The molecule has 2 aliphatic carbocycles. The third-order valence-electron chi connectivity index (χ3n) is 4.39. The van der Waals surface area contributed by atoms with Crippen molar-refractivity contribution in [2.24, 2.45) is 17.8 Å². The van der Waals surface area contributed by atoms with E-state index in [4.69, 9.17) is 0 Å². The maximum absolute atomic E-state index is 11.1. The van der Waals surface area contributed by atoms with Gasteiger partial charge in [-0.2, -0.15) is 0 Å². The zero-order valence-electron chi connectivity index (χ0n) is 12.7. The van der Waals surface area contributed by atoms with Gasteiger partial charge >= 0.3 is 0 Å². The summed E-state index contributed by atoms with van der Waals surface area (Å²) in [6.45, 7) is 4.13. The van der Waals surface area contributed by atoms with Crippen LogP contribution in [0.1, 0.15) is 46.0 Å². The van der Waals surface area contributed by atoms with Crippen LogP contribution >= 0.6 is 0 Å². The molecule has 2 rings (SSSR count). The molecule has 20 heavy (non-hydrogen) atoms. The molecule has 3 unspecified atom stereocenters. The summed E-state index contributed by atoms with van der Waals surface area (Å²) < 4.78 is 0. The SMILES string of the molecule is CC(C)C(O)(C#CC1C=CCCC1)C1C=CC=CCC1. The lowest BCUT2D eigenvalue weighted by atomic mass is 9.76. The minimum Gasteiger partial charge on any atom is -0.377 e. The fourth-order valence-electron chi connectivity index (χ4n) is 2.92. The number of rotatable bonds is 2. The molecule has 0 aliphatic heterocycles. The predicted molar refractivity (Wildman–Crippen MR) is 85.0 cm³/mol. The van der Waals surface area contributed by atoms with Gasteiger partial charge < -0.3 is 5.11 Å². The number of allylic oxidation sites excluding steroid dienone is 5. The lowest BCUT2D eigenvalue weighted by Crippen LogP contribution is -2.41. The molecule has 0 aromatic carbocycles. The zero-order chi connectivity index (χ0) is 14.4. The second kappa shape index (κ2) is 6.95. The quantitative estimate of drug-likeness (QED) is 0.587. The van der Waals surface area contributed by atoms with Gasteiger partial charge in [-0.15, -0.1) is 0 Å². The minimum absolute atomic E-state index is 0.123. The largest absolute Gasteiger partial charge is 0.377 e. The van der Waals surface area contributed by atoms with Crippen molar-refractivity contribution in [3.63, 3.8) is 0 Å². The van der Waals surface area contributed by atoms with Crippen LogP contribution in [0.2, 0.25) is 0 Å². The molecule has 1 nitrogen and oxygen atoms in total. The normalized spacial score (nSPS) is 28.6. The second-order valence-corrected chi connectivity index (χ2v) is 6.21. The first-order chi connectivity index (χ1) is 9.63. The summed E-state index contributed by atoms with van der Waals surface area (Å²) in [6, 6.07) is 0. The Labute approximate surface area is 123 Å². The molecular formula is C19H26O. The molecule has 2 aliphatic rings. The minimum atomic E-state index is -0.909. The summed E-state index contributed by atoms with van der Waals surface area (Å²) in [5.74, 6) is 7.14. The Kier molecular flexibility index (Phi) is 5.26. The molecule has 0 saturated heterocycles. The molecular weight excluding hydrogens is 244 g/mol. The summed E-state index contributed by atoms with van der Waals surface area (Å²) in [4.78, 5) is 0. The van der Waals surface area contributed by atoms with E-state index in [-0.39, 0.29) is 11.8 Å². The fraction of sp³-hybridized carbons (Fsp3) is 0.579. The standard InChI is InChI=1S/C19H26O/c1-16(2)19(20,18-12-8-3-4-9-13-18)15-14-17-10-6-5-7-11-17/h3-4,6,8,10,12,16-18,20H,5,7,9,11,13H2,1-2H3. The smallest absolute Gasteiger partial charge is 0.134 e. The van der Waals surface area contributed by atoms with Gasteiger partial charge in [-0.05, 0) is 38.0 Å². The average molecular weight is 270 g/mol. The molecule has 0 aromatic heterocycles. The third kappa shape index (κ3) is 3.64. The van der Waals surface area contributed by atoms with Crippen LogP contribution in [-0.2, 0) is 0 Å². The van der Waals surface area contributed by atoms with E-state index in [9.17, 15) is 5.11 Å². The van der Waals surface area contributed by atoms with Gasteiger partial charge in [0.15, 0.2) is 0 Å². The van der Waals surface area contributed by atoms with E-state index < -0.39 is 5.60 Å². The maximum atomic E-state index is 11.1. The number of hydrogen-bond donors (Lipinski definition) is 1. The van der Waals surface area contributed by atoms with Crippen LogP contribution in [-0.4, -0.2) is 10.7 Å². The lowest BCUT2D eigenvalue weighted by molar-refractivity contribution is 0.0107. The summed E-state index contributed by atoms with van der Waals surface area (Å²) in [5.41, 5.74) is -0.909. The highest BCUT2D eigenvalue weighted by atomic mass is 16.3. The Balaban J connectivity index is 2.18. The highest BCUT2D eigenvalue weighted by Crippen LogP contribution is 2.32. The van der Waals surface area contributed by atoms with Gasteiger partial charge in [0.1, 0.15) is 5.60 Å². The van der Waals surface area contributed by atoms with Crippen molar-refractivity contribution in [3.05, 3.63) is 36.5 Å². The van der Waals surface area contributed by atoms with E-state index >= 15 is 0 Å². The third-order valence-corrected chi connectivity index (χ3v) is 4.39. The van der Waals surface area contributed by atoms with E-state index in [0.717, 1.165) is 19.3 Å². The van der Waals surface area contributed by atoms with E-state index in [0.29, 0.717) is 5.92 Å². The summed E-state index contributed by atoms with van der Waals surface area (Å²) in [7, 11) is 0. The van der Waals surface area contributed by atoms with Crippen LogP contribution in [0, 0.1) is 29.6 Å². The van der Waals surface area contributed by atoms with Crippen molar-refractivity contribution in [2.45, 2.75) is 51.6 Å². The number of hydrogen-bond acceptors (Lipinski definition) is 1. The molecule has 1 N–H and O–H groups in total. The van der Waals surface area contributed by atoms with Gasteiger partial charge in [0.2, 0.25) is 0 Å². The van der Waals surface area contributed by atoms with Crippen molar-refractivity contribution in [3.8, 4) is 11.8 Å². The van der Waals surface area contributed by atoms with Crippen LogP contribution < -0.4 is 0 Å². The molecule has 0 bridgehead atoms. The Morgan fingerprint density at radius 2 is 1.95 bits per heavy atom. The van der Waals surface area contributed by atoms with Crippen molar-refractivity contribution in [1.29, 1.82) is 0 Å². The van der Waals surface area contributed by atoms with Crippen molar-refractivity contribution >= 4 is 0 Å². The van der Waals surface area contributed by atoms with Crippen molar-refractivity contribution in [2.75, 3.05) is 0 Å². The van der Waals surface area contributed by atoms with E-state index in [1.165, 1.54) is 12.8 Å². The Hall–Kier alpha value is -1.26. The van der Waals surface area contributed by atoms with Gasteiger partial charge in [0.05, 0.1) is 0 Å². The summed E-state index contributed by atoms with van der Waals surface area (Å²) in [6.07, 6.45) is 18.3. The molecule has 0 saturated carbocycles. The van der Waals surface area contributed by atoms with Crippen molar-refractivity contribution in [1.82, 2.24) is 0 Å². The monoisotopic (exact) mass is 270 g/mol. The Morgan fingerprint density at radius 1 is 1.10 bits per heavy atom. The fourth-order valence-corrected chi connectivity index (χ4v) is 2.92. The summed E-state index contributed by atoms with van der Waals surface area (Å²) >= 11 is 0. The maximum Gasteiger partial charge on any atom is 0.134 e. The topological polar surface area (TPSA) is 20.2 Å². The van der Waals surface area contributed by atoms with E-state index in [2.05, 4.69) is 56.1 Å². The van der Waals surface area contributed by atoms with Crippen LogP contribution in [0.3, 0.4) is 0 Å².